The molecule has 102 valence electrons. The molecule has 19 heavy (non-hydrogen) atoms. The molecule has 2 heterocycles. The molecule has 2 aromatic heterocycles. The zero-order valence-electron chi connectivity index (χ0n) is 10.1. The van der Waals surface area contributed by atoms with Crippen LogP contribution in [0, 0.1) is 0 Å². The summed E-state index contributed by atoms with van der Waals surface area (Å²) in [6.45, 7) is 1.05. The van der Waals surface area contributed by atoms with Crippen molar-refractivity contribution in [3.05, 3.63) is 42.4 Å². The van der Waals surface area contributed by atoms with Gasteiger partial charge in [-0.1, -0.05) is 0 Å². The quantitative estimate of drug-likeness (QED) is 0.849. The molecule has 0 fully saturated rings. The molecular weight excluding hydrogens is 257 g/mol. The monoisotopic (exact) mass is 270 g/mol. The second-order valence-electron chi connectivity index (χ2n) is 3.95. The number of nitrogens with one attached hydrogen (secondary N) is 1. The Morgan fingerprint density at radius 2 is 2.05 bits per heavy atom. The van der Waals surface area contributed by atoms with E-state index < -0.39 is 11.7 Å². The number of hydrogen-bond acceptors (Lipinski definition) is 3. The molecule has 0 spiro atoms. The first-order valence-corrected chi connectivity index (χ1v) is 5.81. The maximum Gasteiger partial charge on any atom is 0.419 e. The van der Waals surface area contributed by atoms with Gasteiger partial charge in [-0.3, -0.25) is 4.68 Å². The molecule has 0 amide bonds. The van der Waals surface area contributed by atoms with Crippen LogP contribution in [0.3, 0.4) is 0 Å². The van der Waals surface area contributed by atoms with Gasteiger partial charge in [0.05, 0.1) is 5.56 Å². The highest BCUT2D eigenvalue weighted by molar-refractivity contribution is 5.45. The van der Waals surface area contributed by atoms with Gasteiger partial charge in [0.2, 0.25) is 0 Å². The van der Waals surface area contributed by atoms with E-state index in [1.165, 1.54) is 12.3 Å². The first-order valence-electron chi connectivity index (χ1n) is 5.81. The Morgan fingerprint density at radius 1 is 1.21 bits per heavy atom. The fraction of sp³-hybridized carbons (Fsp3) is 0.333. The molecule has 2 aromatic rings. The van der Waals surface area contributed by atoms with Crippen molar-refractivity contribution in [2.24, 2.45) is 0 Å². The Morgan fingerprint density at radius 3 is 2.74 bits per heavy atom. The Bertz CT molecular complexity index is 508. The van der Waals surface area contributed by atoms with Crippen LogP contribution in [-0.4, -0.2) is 21.3 Å². The van der Waals surface area contributed by atoms with Crippen LogP contribution in [0.25, 0.3) is 0 Å². The van der Waals surface area contributed by atoms with Gasteiger partial charge in [-0.15, -0.1) is 0 Å². The van der Waals surface area contributed by atoms with Crippen molar-refractivity contribution in [2.45, 2.75) is 19.1 Å². The summed E-state index contributed by atoms with van der Waals surface area (Å²) in [5.41, 5.74) is -0.742. The zero-order valence-corrected chi connectivity index (χ0v) is 10.1. The smallest absolute Gasteiger partial charge is 0.370 e. The van der Waals surface area contributed by atoms with Gasteiger partial charge in [0.15, 0.2) is 0 Å². The highest BCUT2D eigenvalue weighted by atomic mass is 19.4. The molecule has 4 nitrogen and oxygen atoms in total. The van der Waals surface area contributed by atoms with E-state index in [0.29, 0.717) is 19.5 Å². The van der Waals surface area contributed by atoms with Gasteiger partial charge < -0.3 is 5.32 Å². The van der Waals surface area contributed by atoms with E-state index >= 15 is 0 Å². The molecule has 0 unspecified atom stereocenters. The summed E-state index contributed by atoms with van der Waals surface area (Å²) in [6, 6.07) is 4.09. The van der Waals surface area contributed by atoms with E-state index in [0.717, 1.165) is 6.07 Å². The van der Waals surface area contributed by atoms with Crippen LogP contribution in [0.1, 0.15) is 12.0 Å². The lowest BCUT2D eigenvalue weighted by Crippen LogP contribution is -2.14. The topological polar surface area (TPSA) is 42.7 Å². The van der Waals surface area contributed by atoms with Gasteiger partial charge in [0, 0.05) is 31.7 Å². The van der Waals surface area contributed by atoms with Crippen LogP contribution in [0.4, 0.5) is 19.0 Å². The first kappa shape index (κ1) is 13.4. The summed E-state index contributed by atoms with van der Waals surface area (Å²) in [6.07, 6.45) is 1.08. The Kier molecular flexibility index (Phi) is 4.03. The molecule has 0 saturated heterocycles. The SMILES string of the molecule is FC(F)(F)c1cccnc1NCCCn1cccn1. The van der Waals surface area contributed by atoms with Crippen molar-refractivity contribution >= 4 is 5.82 Å². The lowest BCUT2D eigenvalue weighted by Gasteiger charge is -2.13. The fourth-order valence-electron chi connectivity index (χ4n) is 1.66. The van der Waals surface area contributed by atoms with Crippen molar-refractivity contribution in [1.29, 1.82) is 0 Å². The van der Waals surface area contributed by atoms with E-state index in [1.807, 2.05) is 6.20 Å². The van der Waals surface area contributed by atoms with Crippen molar-refractivity contribution in [3.63, 3.8) is 0 Å². The maximum absolute atomic E-state index is 12.7. The van der Waals surface area contributed by atoms with Crippen molar-refractivity contribution in [3.8, 4) is 0 Å². The number of aryl methyl sites for hydroxylation is 1. The molecule has 0 saturated carbocycles. The van der Waals surface area contributed by atoms with Gasteiger partial charge in [-0.05, 0) is 24.6 Å². The maximum atomic E-state index is 12.7. The van der Waals surface area contributed by atoms with Gasteiger partial charge in [-0.2, -0.15) is 18.3 Å². The molecule has 0 aliphatic rings. The second-order valence-corrected chi connectivity index (χ2v) is 3.95. The number of pyridine rings is 1. The van der Waals surface area contributed by atoms with Crippen LogP contribution >= 0.6 is 0 Å². The predicted molar refractivity (Wildman–Crippen MR) is 64.6 cm³/mol. The molecule has 2 rings (SSSR count). The predicted octanol–water partition coefficient (Wildman–Crippen LogP) is 2.80. The van der Waals surface area contributed by atoms with Crippen LogP contribution in [0.15, 0.2) is 36.8 Å². The molecule has 7 heteroatoms. The van der Waals surface area contributed by atoms with E-state index in [4.69, 9.17) is 0 Å². The average molecular weight is 270 g/mol. The number of alkyl halides is 3. The molecular formula is C12H13F3N4. The van der Waals surface area contributed by atoms with Crippen LogP contribution in [0.2, 0.25) is 0 Å². The van der Waals surface area contributed by atoms with Gasteiger partial charge in [0.25, 0.3) is 0 Å². The minimum Gasteiger partial charge on any atom is -0.370 e. The summed E-state index contributed by atoms with van der Waals surface area (Å²) < 4.78 is 39.8. The Balaban J connectivity index is 1.89. The average Bonchev–Trinajstić information content (AvgIpc) is 2.87. The van der Waals surface area contributed by atoms with E-state index in [9.17, 15) is 13.2 Å². The zero-order chi connectivity index (χ0) is 13.7. The van der Waals surface area contributed by atoms with Gasteiger partial charge >= 0.3 is 6.18 Å². The minimum absolute atomic E-state index is 0.129. The molecule has 0 atom stereocenters. The standard InChI is InChI=1S/C12H13F3N4/c13-12(14,15)10-4-1-5-16-11(10)17-6-2-8-19-9-3-7-18-19/h1,3-5,7,9H,2,6,8H2,(H,16,17). The number of rotatable bonds is 5. The van der Waals surface area contributed by atoms with Crippen molar-refractivity contribution in [1.82, 2.24) is 14.8 Å². The van der Waals surface area contributed by atoms with Crippen molar-refractivity contribution in [2.75, 3.05) is 11.9 Å². The lowest BCUT2D eigenvalue weighted by molar-refractivity contribution is -0.137. The van der Waals surface area contributed by atoms with Crippen LogP contribution < -0.4 is 5.32 Å². The third-order valence-corrected chi connectivity index (χ3v) is 2.53. The molecule has 0 radical (unpaired) electrons. The Labute approximate surface area is 108 Å². The molecule has 0 aliphatic carbocycles. The van der Waals surface area contributed by atoms with E-state index in [2.05, 4.69) is 15.4 Å². The Hall–Kier alpha value is -2.05. The van der Waals surface area contributed by atoms with Crippen LogP contribution in [-0.2, 0) is 12.7 Å². The number of aromatic nitrogens is 3. The number of anilines is 1. The van der Waals surface area contributed by atoms with Crippen LogP contribution in [0.5, 0.6) is 0 Å². The molecule has 0 aliphatic heterocycles. The number of hydrogen-bond donors (Lipinski definition) is 1. The lowest BCUT2D eigenvalue weighted by atomic mass is 10.2. The summed E-state index contributed by atoms with van der Waals surface area (Å²) in [4.78, 5) is 3.73. The normalized spacial score (nSPS) is 11.5. The number of halogens is 3. The molecule has 1 N–H and O–H groups in total. The highest BCUT2D eigenvalue weighted by Crippen LogP contribution is 2.33. The summed E-state index contributed by atoms with van der Waals surface area (Å²) in [7, 11) is 0. The number of nitrogens with zero attached hydrogens (tertiary/aromatic N) is 3. The molecule has 0 bridgehead atoms. The second kappa shape index (κ2) is 5.73. The van der Waals surface area contributed by atoms with Gasteiger partial charge in [-0.25, -0.2) is 4.98 Å². The summed E-state index contributed by atoms with van der Waals surface area (Å²) >= 11 is 0. The summed E-state index contributed by atoms with van der Waals surface area (Å²) in [5.74, 6) is -0.129. The highest BCUT2D eigenvalue weighted by Gasteiger charge is 2.33. The van der Waals surface area contributed by atoms with Crippen molar-refractivity contribution < 1.29 is 13.2 Å². The fourth-order valence-corrected chi connectivity index (χ4v) is 1.66. The molecule has 0 aromatic carbocycles. The third kappa shape index (κ3) is 3.70. The van der Waals surface area contributed by atoms with E-state index in [-0.39, 0.29) is 5.82 Å². The van der Waals surface area contributed by atoms with E-state index in [1.54, 1.807) is 16.9 Å². The van der Waals surface area contributed by atoms with Gasteiger partial charge in [0.1, 0.15) is 5.82 Å². The third-order valence-electron chi connectivity index (χ3n) is 2.53. The first-order chi connectivity index (χ1) is 9.07. The summed E-state index contributed by atoms with van der Waals surface area (Å²) in [5, 5.41) is 6.72. The largest absolute Gasteiger partial charge is 0.419 e. The minimum atomic E-state index is -4.39.